The summed E-state index contributed by atoms with van der Waals surface area (Å²) in [5.41, 5.74) is 0.850. The Balaban J connectivity index is 1.48. The Morgan fingerprint density at radius 2 is 2.06 bits per heavy atom. The summed E-state index contributed by atoms with van der Waals surface area (Å²) in [5, 5.41) is 1.11. The minimum absolute atomic E-state index is 0.0273. The van der Waals surface area contributed by atoms with Gasteiger partial charge in [0.05, 0.1) is 33.5 Å². The average molecular weight is 525 g/mol. The summed E-state index contributed by atoms with van der Waals surface area (Å²) in [5.74, 6) is -0.244. The predicted octanol–water partition coefficient (Wildman–Crippen LogP) is 5.44. The Morgan fingerprint density at radius 3 is 2.76 bits per heavy atom. The number of thiazole rings is 1. The van der Waals surface area contributed by atoms with Crippen molar-refractivity contribution in [1.82, 2.24) is 4.98 Å². The van der Waals surface area contributed by atoms with E-state index in [4.69, 9.17) is 21.3 Å². The first-order valence-corrected chi connectivity index (χ1v) is 14.8. The van der Waals surface area contributed by atoms with Crippen LogP contribution >= 0.6 is 34.7 Å². The number of nitrogens with zero attached hydrogens (tertiary/aromatic N) is 2. The van der Waals surface area contributed by atoms with Gasteiger partial charge < -0.3 is 4.74 Å². The molecule has 3 aromatic rings. The van der Waals surface area contributed by atoms with Crippen LogP contribution in [0.4, 0.5) is 5.13 Å². The summed E-state index contributed by atoms with van der Waals surface area (Å²) in [7, 11) is -3.48. The maximum Gasteiger partial charge on any atom is 0.228 e. The lowest BCUT2D eigenvalue weighted by molar-refractivity contribution is -0.119. The minimum atomic E-state index is -3.48. The Morgan fingerprint density at radius 1 is 1.27 bits per heavy atom. The third-order valence-electron chi connectivity index (χ3n) is 5.50. The van der Waals surface area contributed by atoms with Crippen molar-refractivity contribution in [1.29, 1.82) is 0 Å². The molecule has 10 heteroatoms. The topological polar surface area (TPSA) is 76.6 Å². The van der Waals surface area contributed by atoms with Crippen LogP contribution in [-0.2, 0) is 19.4 Å². The highest BCUT2D eigenvalue weighted by molar-refractivity contribution is 7.98. The second kappa shape index (κ2) is 10.7. The zero-order chi connectivity index (χ0) is 23.4. The summed E-state index contributed by atoms with van der Waals surface area (Å²) in [6.45, 7) is 1.13. The molecule has 6 nitrogen and oxygen atoms in total. The van der Waals surface area contributed by atoms with Gasteiger partial charge in [0.1, 0.15) is 0 Å². The van der Waals surface area contributed by atoms with Crippen molar-refractivity contribution in [3.63, 3.8) is 0 Å². The highest BCUT2D eigenvalue weighted by atomic mass is 35.5. The van der Waals surface area contributed by atoms with Gasteiger partial charge >= 0.3 is 0 Å². The molecule has 1 amide bonds. The highest BCUT2D eigenvalue weighted by Crippen LogP contribution is 2.33. The number of hydrogen-bond donors (Lipinski definition) is 0. The van der Waals surface area contributed by atoms with Crippen molar-refractivity contribution >= 4 is 65.8 Å². The first-order chi connectivity index (χ1) is 15.9. The van der Waals surface area contributed by atoms with Gasteiger partial charge in [-0.25, -0.2) is 13.4 Å². The number of carbonyl (C=O) groups is 1. The van der Waals surface area contributed by atoms with Crippen LogP contribution in [0, 0.1) is 0 Å². The molecule has 4 rings (SSSR count). The van der Waals surface area contributed by atoms with E-state index in [9.17, 15) is 13.2 Å². The number of ether oxygens (including phenoxy) is 1. The highest BCUT2D eigenvalue weighted by Gasteiger charge is 2.26. The van der Waals surface area contributed by atoms with Gasteiger partial charge in [-0.1, -0.05) is 22.9 Å². The molecule has 1 saturated heterocycles. The SMILES string of the molecule is CSc1ccc2nc(N(CC3CCCO3)C(=O)CCCS(=O)(=O)c3ccc(Cl)cc3)sc2c1. The summed E-state index contributed by atoms with van der Waals surface area (Å²) in [4.78, 5) is 20.9. The van der Waals surface area contributed by atoms with Gasteiger partial charge in [0.15, 0.2) is 15.0 Å². The molecular formula is C23H25ClN2O4S3. The molecule has 1 aromatic heterocycles. The smallest absolute Gasteiger partial charge is 0.228 e. The van der Waals surface area contributed by atoms with Gasteiger partial charge in [0, 0.05) is 22.9 Å². The van der Waals surface area contributed by atoms with Crippen LogP contribution in [0.15, 0.2) is 52.3 Å². The molecule has 0 radical (unpaired) electrons. The zero-order valence-corrected chi connectivity index (χ0v) is 21.4. The van der Waals surface area contributed by atoms with E-state index in [1.165, 1.54) is 23.5 Å². The summed E-state index contributed by atoms with van der Waals surface area (Å²) < 4.78 is 32.0. The summed E-state index contributed by atoms with van der Waals surface area (Å²) in [6, 6.07) is 12.2. The number of rotatable bonds is 9. The second-order valence-corrected chi connectivity index (χ2v) is 12.3. The first-order valence-electron chi connectivity index (χ1n) is 10.7. The molecule has 0 bridgehead atoms. The maximum absolute atomic E-state index is 13.2. The van der Waals surface area contributed by atoms with E-state index >= 15 is 0 Å². The lowest BCUT2D eigenvalue weighted by Crippen LogP contribution is -2.37. The van der Waals surface area contributed by atoms with E-state index in [0.717, 1.165) is 28.0 Å². The quantitative estimate of drug-likeness (QED) is 0.347. The Hall–Kier alpha value is -1.65. The van der Waals surface area contributed by atoms with Gasteiger partial charge in [0.25, 0.3) is 0 Å². The molecule has 1 unspecified atom stereocenters. The predicted molar refractivity (Wildman–Crippen MR) is 135 cm³/mol. The van der Waals surface area contributed by atoms with Crippen molar-refractivity contribution in [2.24, 2.45) is 0 Å². The number of benzene rings is 2. The third-order valence-corrected chi connectivity index (χ3v) is 9.34. The molecule has 2 aromatic carbocycles. The average Bonchev–Trinajstić information content (AvgIpc) is 3.46. The van der Waals surface area contributed by atoms with Crippen molar-refractivity contribution < 1.29 is 17.9 Å². The Labute approximate surface area is 207 Å². The van der Waals surface area contributed by atoms with Gasteiger partial charge in [0.2, 0.25) is 5.91 Å². The number of amides is 1. The second-order valence-electron chi connectivity index (χ2n) is 7.85. The number of carbonyl (C=O) groups excluding carboxylic acids is 1. The van der Waals surface area contributed by atoms with E-state index in [1.807, 2.05) is 18.4 Å². The van der Waals surface area contributed by atoms with Crippen molar-refractivity contribution in [3.8, 4) is 0 Å². The Kier molecular flexibility index (Phi) is 7.96. The van der Waals surface area contributed by atoms with Crippen LogP contribution in [0.1, 0.15) is 25.7 Å². The lowest BCUT2D eigenvalue weighted by atomic mass is 10.2. The van der Waals surface area contributed by atoms with E-state index in [2.05, 4.69) is 6.07 Å². The van der Waals surface area contributed by atoms with Crippen LogP contribution in [-0.4, -0.2) is 50.6 Å². The fraction of sp³-hybridized carbons (Fsp3) is 0.391. The number of anilines is 1. The van der Waals surface area contributed by atoms with Crippen molar-refractivity contribution in [2.75, 3.05) is 30.1 Å². The van der Waals surface area contributed by atoms with Crippen LogP contribution < -0.4 is 4.90 Å². The fourth-order valence-corrected chi connectivity index (χ4v) is 6.70. The molecule has 33 heavy (non-hydrogen) atoms. The minimum Gasteiger partial charge on any atom is -0.376 e. The molecule has 2 heterocycles. The molecule has 0 N–H and O–H groups in total. The number of thioether (sulfide) groups is 1. The maximum atomic E-state index is 13.2. The zero-order valence-electron chi connectivity index (χ0n) is 18.2. The van der Waals surface area contributed by atoms with Crippen LogP contribution in [0.25, 0.3) is 10.2 Å². The molecule has 0 aliphatic carbocycles. The number of fused-ring (bicyclic) bond motifs is 1. The van der Waals surface area contributed by atoms with Gasteiger partial charge in [-0.3, -0.25) is 9.69 Å². The summed E-state index contributed by atoms with van der Waals surface area (Å²) >= 11 is 8.99. The number of aromatic nitrogens is 1. The van der Waals surface area contributed by atoms with Crippen LogP contribution in [0.2, 0.25) is 5.02 Å². The molecule has 176 valence electrons. The van der Waals surface area contributed by atoms with Gasteiger partial charge in [-0.15, -0.1) is 11.8 Å². The largest absolute Gasteiger partial charge is 0.376 e. The molecular weight excluding hydrogens is 500 g/mol. The van der Waals surface area contributed by atoms with E-state index < -0.39 is 9.84 Å². The number of halogens is 1. The van der Waals surface area contributed by atoms with E-state index in [0.29, 0.717) is 23.3 Å². The van der Waals surface area contributed by atoms with E-state index in [1.54, 1.807) is 28.8 Å². The normalized spacial score (nSPS) is 16.4. The molecule has 1 fully saturated rings. The molecule has 0 saturated carbocycles. The summed E-state index contributed by atoms with van der Waals surface area (Å²) in [6.07, 6.45) is 4.22. The third kappa shape index (κ3) is 6.08. The fourth-order valence-electron chi connectivity index (χ4n) is 3.72. The Bertz CT molecular complexity index is 1220. The van der Waals surface area contributed by atoms with Crippen LogP contribution in [0.3, 0.4) is 0 Å². The first kappa shape index (κ1) is 24.5. The molecule has 1 aliphatic rings. The van der Waals surface area contributed by atoms with Gasteiger partial charge in [-0.2, -0.15) is 0 Å². The molecule has 0 spiro atoms. The van der Waals surface area contributed by atoms with Crippen LogP contribution in [0.5, 0.6) is 0 Å². The van der Waals surface area contributed by atoms with E-state index in [-0.39, 0.29) is 35.5 Å². The molecule has 1 atom stereocenters. The van der Waals surface area contributed by atoms with Crippen molar-refractivity contribution in [2.45, 2.75) is 41.6 Å². The standard InChI is InChI=1S/C23H25ClN2O4S3/c1-31-18-8-11-20-21(14-18)32-23(25-20)26(15-17-4-2-12-30-17)22(27)5-3-13-33(28,29)19-9-6-16(24)7-10-19/h6-11,14,17H,2-5,12-13,15H2,1H3. The lowest BCUT2D eigenvalue weighted by Gasteiger charge is -2.23. The van der Waals surface area contributed by atoms with Crippen molar-refractivity contribution in [3.05, 3.63) is 47.5 Å². The number of sulfone groups is 1. The monoisotopic (exact) mass is 524 g/mol. The molecule has 1 aliphatic heterocycles. The van der Waals surface area contributed by atoms with Gasteiger partial charge in [-0.05, 0) is 68.0 Å². The number of hydrogen-bond acceptors (Lipinski definition) is 7.